The first-order valence-electron chi connectivity index (χ1n) is 5.68. The molecule has 18 heavy (non-hydrogen) atoms. The molecule has 96 valence electrons. The molecule has 5 heteroatoms. The monoisotopic (exact) mass is 247 g/mol. The van der Waals surface area contributed by atoms with Crippen LogP contribution in [0.4, 0.5) is 0 Å². The Morgan fingerprint density at radius 2 is 2.06 bits per heavy atom. The lowest BCUT2D eigenvalue weighted by atomic mass is 9.90. The Labute approximate surface area is 106 Å². The maximum Gasteiger partial charge on any atom is 0.163 e. The second-order valence-corrected chi connectivity index (χ2v) is 4.12. The number of nitrogens with zero attached hydrogens (tertiary/aromatic N) is 2. The van der Waals surface area contributed by atoms with Gasteiger partial charge >= 0.3 is 0 Å². The number of aromatic nitrogens is 2. The van der Waals surface area contributed by atoms with Crippen LogP contribution in [-0.4, -0.2) is 28.5 Å². The van der Waals surface area contributed by atoms with Crippen molar-refractivity contribution in [2.24, 2.45) is 12.8 Å². The van der Waals surface area contributed by atoms with Gasteiger partial charge in [0.25, 0.3) is 0 Å². The molecule has 2 aromatic rings. The van der Waals surface area contributed by atoms with Gasteiger partial charge in [-0.05, 0) is 5.56 Å². The minimum Gasteiger partial charge on any atom is -0.493 e. The van der Waals surface area contributed by atoms with Gasteiger partial charge in [0.1, 0.15) is 11.3 Å². The zero-order valence-electron chi connectivity index (χ0n) is 10.5. The number of hydrogen-bond acceptors (Lipinski definition) is 4. The first-order valence-corrected chi connectivity index (χ1v) is 5.68. The average Bonchev–Trinajstić information content (AvgIpc) is 2.80. The van der Waals surface area contributed by atoms with Gasteiger partial charge in [-0.2, -0.15) is 5.10 Å². The van der Waals surface area contributed by atoms with Crippen LogP contribution in [0.15, 0.2) is 36.5 Å². The maximum absolute atomic E-state index is 10.9. The van der Waals surface area contributed by atoms with Gasteiger partial charge < -0.3 is 15.6 Å². The van der Waals surface area contributed by atoms with Crippen molar-refractivity contribution in [3.8, 4) is 5.75 Å². The highest BCUT2D eigenvalue weighted by Crippen LogP contribution is 2.34. The zero-order valence-corrected chi connectivity index (χ0v) is 10.5. The Morgan fingerprint density at radius 1 is 1.39 bits per heavy atom. The summed E-state index contributed by atoms with van der Waals surface area (Å²) < 4.78 is 6.82. The van der Waals surface area contributed by atoms with E-state index in [4.69, 9.17) is 10.5 Å². The van der Waals surface area contributed by atoms with Gasteiger partial charge in [0.15, 0.2) is 5.75 Å². The number of aliphatic hydroxyl groups is 1. The summed E-state index contributed by atoms with van der Waals surface area (Å²) in [6.45, 7) is 0.0485. The first kappa shape index (κ1) is 12.6. The predicted octanol–water partition coefficient (Wildman–Crippen LogP) is 0.623. The SMILES string of the molecule is COc1cnn(C)c1C(O)(CN)c1ccccc1. The fourth-order valence-corrected chi connectivity index (χ4v) is 2.10. The molecule has 0 amide bonds. The summed E-state index contributed by atoms with van der Waals surface area (Å²) in [4.78, 5) is 0. The van der Waals surface area contributed by atoms with Crippen molar-refractivity contribution in [2.45, 2.75) is 5.60 Å². The van der Waals surface area contributed by atoms with Crippen LogP contribution in [0.2, 0.25) is 0 Å². The minimum atomic E-state index is -1.31. The molecule has 0 aliphatic heterocycles. The van der Waals surface area contributed by atoms with E-state index in [1.54, 1.807) is 25.0 Å². The second-order valence-electron chi connectivity index (χ2n) is 4.12. The largest absolute Gasteiger partial charge is 0.493 e. The molecule has 1 aromatic heterocycles. The highest BCUT2D eigenvalue weighted by molar-refractivity contribution is 5.40. The van der Waals surface area contributed by atoms with E-state index >= 15 is 0 Å². The summed E-state index contributed by atoms with van der Waals surface area (Å²) in [5, 5.41) is 15.0. The van der Waals surface area contributed by atoms with Crippen LogP contribution < -0.4 is 10.5 Å². The second kappa shape index (κ2) is 4.80. The number of hydrogen-bond donors (Lipinski definition) is 2. The highest BCUT2D eigenvalue weighted by atomic mass is 16.5. The highest BCUT2D eigenvalue weighted by Gasteiger charge is 2.36. The van der Waals surface area contributed by atoms with Gasteiger partial charge in [-0.1, -0.05) is 30.3 Å². The van der Waals surface area contributed by atoms with Crippen molar-refractivity contribution in [2.75, 3.05) is 13.7 Å². The fourth-order valence-electron chi connectivity index (χ4n) is 2.10. The van der Waals surface area contributed by atoms with Crippen molar-refractivity contribution in [3.05, 3.63) is 47.8 Å². The Bertz CT molecular complexity index is 524. The van der Waals surface area contributed by atoms with Crippen molar-refractivity contribution in [1.29, 1.82) is 0 Å². The smallest absolute Gasteiger partial charge is 0.163 e. The molecule has 0 aliphatic carbocycles. The first-order chi connectivity index (χ1) is 8.63. The molecule has 0 fully saturated rings. The van der Waals surface area contributed by atoms with Crippen LogP contribution in [0.3, 0.4) is 0 Å². The summed E-state index contributed by atoms with van der Waals surface area (Å²) in [6, 6.07) is 9.27. The molecule has 3 N–H and O–H groups in total. The molecule has 5 nitrogen and oxygen atoms in total. The van der Waals surface area contributed by atoms with Crippen LogP contribution >= 0.6 is 0 Å². The normalized spacial score (nSPS) is 14.2. The van der Waals surface area contributed by atoms with Crippen molar-refractivity contribution < 1.29 is 9.84 Å². The molecule has 1 atom stereocenters. The summed E-state index contributed by atoms with van der Waals surface area (Å²) in [6.07, 6.45) is 1.57. The summed E-state index contributed by atoms with van der Waals surface area (Å²) in [7, 11) is 3.30. The number of aryl methyl sites for hydroxylation is 1. The van der Waals surface area contributed by atoms with Crippen LogP contribution in [0, 0.1) is 0 Å². The average molecular weight is 247 g/mol. The molecule has 0 radical (unpaired) electrons. The molecule has 0 bridgehead atoms. The van der Waals surface area contributed by atoms with Crippen molar-refractivity contribution >= 4 is 0 Å². The van der Waals surface area contributed by atoms with Crippen LogP contribution in [0.1, 0.15) is 11.3 Å². The topological polar surface area (TPSA) is 73.3 Å². The minimum absolute atomic E-state index is 0.0485. The summed E-state index contributed by atoms with van der Waals surface area (Å²) in [5.41, 5.74) is 5.74. The lowest BCUT2D eigenvalue weighted by molar-refractivity contribution is 0.0782. The Hall–Kier alpha value is -1.85. The molecule has 0 saturated carbocycles. The number of ether oxygens (including phenoxy) is 1. The lowest BCUT2D eigenvalue weighted by Gasteiger charge is -2.28. The maximum atomic E-state index is 10.9. The van der Waals surface area contributed by atoms with Crippen molar-refractivity contribution in [1.82, 2.24) is 9.78 Å². The molecule has 0 saturated heterocycles. The van der Waals surface area contributed by atoms with E-state index in [0.717, 1.165) is 5.56 Å². The summed E-state index contributed by atoms with van der Waals surface area (Å²) >= 11 is 0. The van der Waals surface area contributed by atoms with Gasteiger partial charge in [0.2, 0.25) is 0 Å². The van der Waals surface area contributed by atoms with Crippen LogP contribution in [0.5, 0.6) is 5.75 Å². The molecule has 2 rings (SSSR count). The molecule has 0 aliphatic rings. The molecular weight excluding hydrogens is 230 g/mol. The summed E-state index contributed by atoms with van der Waals surface area (Å²) in [5.74, 6) is 0.523. The van der Waals surface area contributed by atoms with E-state index in [0.29, 0.717) is 11.4 Å². The van der Waals surface area contributed by atoms with Crippen molar-refractivity contribution in [3.63, 3.8) is 0 Å². The third-order valence-corrected chi connectivity index (χ3v) is 3.06. The molecule has 0 spiro atoms. The zero-order chi connectivity index (χ0) is 13.2. The van der Waals surface area contributed by atoms with Crippen LogP contribution in [0.25, 0.3) is 0 Å². The van der Waals surface area contributed by atoms with E-state index in [1.165, 1.54) is 0 Å². The van der Waals surface area contributed by atoms with Crippen LogP contribution in [-0.2, 0) is 12.6 Å². The Balaban J connectivity index is 2.60. The lowest BCUT2D eigenvalue weighted by Crippen LogP contribution is -2.38. The third kappa shape index (κ3) is 1.87. The van der Waals surface area contributed by atoms with E-state index in [1.807, 2.05) is 30.3 Å². The number of benzene rings is 1. The van der Waals surface area contributed by atoms with E-state index < -0.39 is 5.60 Å². The number of nitrogens with two attached hydrogens (primary N) is 1. The van der Waals surface area contributed by atoms with Gasteiger partial charge in [-0.15, -0.1) is 0 Å². The molecule has 1 heterocycles. The standard InChI is InChI=1S/C13H17N3O2/c1-16-12(11(18-2)8-15-16)13(17,9-14)10-6-4-3-5-7-10/h3-8,17H,9,14H2,1-2H3. The molecular formula is C13H17N3O2. The quantitative estimate of drug-likeness (QED) is 0.831. The molecule has 1 aromatic carbocycles. The van der Waals surface area contributed by atoms with E-state index in [-0.39, 0.29) is 6.54 Å². The van der Waals surface area contributed by atoms with E-state index in [2.05, 4.69) is 5.10 Å². The third-order valence-electron chi connectivity index (χ3n) is 3.06. The Morgan fingerprint density at radius 3 is 2.61 bits per heavy atom. The van der Waals surface area contributed by atoms with Gasteiger partial charge in [0.05, 0.1) is 13.3 Å². The van der Waals surface area contributed by atoms with Gasteiger partial charge in [-0.3, -0.25) is 4.68 Å². The van der Waals surface area contributed by atoms with E-state index in [9.17, 15) is 5.11 Å². The number of methoxy groups -OCH3 is 1. The fraction of sp³-hybridized carbons (Fsp3) is 0.308. The van der Waals surface area contributed by atoms with Gasteiger partial charge in [-0.25, -0.2) is 0 Å². The van der Waals surface area contributed by atoms with Gasteiger partial charge in [0, 0.05) is 13.6 Å². The molecule has 1 unspecified atom stereocenters. The Kier molecular flexibility index (Phi) is 3.36. The number of rotatable bonds is 4. The predicted molar refractivity (Wildman–Crippen MR) is 68.3 cm³/mol.